The summed E-state index contributed by atoms with van der Waals surface area (Å²) in [5, 5.41) is 3.15. The van der Waals surface area contributed by atoms with Crippen molar-refractivity contribution >= 4 is 39.5 Å². The van der Waals surface area contributed by atoms with Crippen LogP contribution in [0.15, 0.2) is 48.2 Å². The van der Waals surface area contributed by atoms with Crippen LogP contribution < -0.4 is 5.32 Å². The quantitative estimate of drug-likeness (QED) is 0.517. The summed E-state index contributed by atoms with van der Waals surface area (Å²) in [6.07, 6.45) is 3.53. The van der Waals surface area contributed by atoms with Crippen molar-refractivity contribution < 1.29 is 26.6 Å². The lowest BCUT2D eigenvalue weighted by Crippen LogP contribution is -2.48. The van der Waals surface area contributed by atoms with Crippen LogP contribution in [0.3, 0.4) is 0 Å². The van der Waals surface area contributed by atoms with E-state index >= 15 is 0 Å². The molecule has 6 nitrogen and oxygen atoms in total. The lowest BCUT2D eigenvalue weighted by molar-refractivity contribution is -0.116. The normalized spacial score (nSPS) is 23.3. The first-order valence-electron chi connectivity index (χ1n) is 10.1. The average molecular weight is 478 g/mol. The minimum absolute atomic E-state index is 0.00695. The van der Waals surface area contributed by atoms with Crippen molar-refractivity contribution in [2.75, 3.05) is 6.26 Å². The monoisotopic (exact) mass is 477 g/mol. The molecule has 168 valence electrons. The van der Waals surface area contributed by atoms with Gasteiger partial charge in [-0.15, -0.1) is 0 Å². The molecule has 1 aliphatic heterocycles. The molecule has 1 aliphatic carbocycles. The number of carbonyl (C=O) groups is 2. The number of aldehydes is 1. The molecule has 1 N–H and O–H groups in total. The maximum Gasteiger partial charge on any atom is 0.306 e. The van der Waals surface area contributed by atoms with Gasteiger partial charge < -0.3 is 14.3 Å². The predicted octanol–water partition coefficient (Wildman–Crippen LogP) is 4.09. The molecular formula is C23H21ClFNO5S. The average Bonchev–Trinajstić information content (AvgIpc) is 2.99. The Morgan fingerprint density at radius 1 is 1.12 bits per heavy atom. The summed E-state index contributed by atoms with van der Waals surface area (Å²) in [4.78, 5) is 24.3. The molecular weight excluding hydrogens is 457 g/mol. The van der Waals surface area contributed by atoms with Gasteiger partial charge in [0.15, 0.2) is 5.76 Å². The highest BCUT2D eigenvalue weighted by Crippen LogP contribution is 2.46. The molecule has 0 radical (unpaired) electrons. The number of hydrogen-bond acceptors (Lipinski definition) is 5. The Morgan fingerprint density at radius 3 is 2.34 bits per heavy atom. The Morgan fingerprint density at radius 2 is 1.75 bits per heavy atom. The molecule has 0 unspecified atom stereocenters. The van der Waals surface area contributed by atoms with E-state index in [1.807, 2.05) is 0 Å². The second-order valence-corrected chi connectivity index (χ2v) is 10.2. The topological polar surface area (TPSA) is 89.5 Å². The van der Waals surface area contributed by atoms with Crippen LogP contribution in [0.25, 0.3) is 16.7 Å². The van der Waals surface area contributed by atoms with Crippen molar-refractivity contribution in [2.24, 2.45) is 5.92 Å². The molecule has 0 saturated heterocycles. The van der Waals surface area contributed by atoms with Gasteiger partial charge in [-0.3, -0.25) is 4.79 Å². The number of amides is 1. The summed E-state index contributed by atoms with van der Waals surface area (Å²) in [5.74, 6) is -1.01. The van der Waals surface area contributed by atoms with Crippen molar-refractivity contribution in [3.8, 4) is 11.1 Å². The van der Waals surface area contributed by atoms with Crippen LogP contribution in [-0.2, 0) is 23.9 Å². The van der Waals surface area contributed by atoms with Crippen LogP contribution in [0.2, 0.25) is 5.02 Å². The molecule has 1 spiro atoms. The third-order valence-electron chi connectivity index (χ3n) is 5.97. The van der Waals surface area contributed by atoms with Gasteiger partial charge in [-0.05, 0) is 61.1 Å². The fourth-order valence-corrected chi connectivity index (χ4v) is 5.11. The summed E-state index contributed by atoms with van der Waals surface area (Å²) in [5.41, 5.74) is 0.724. The Labute approximate surface area is 190 Å². The molecule has 0 aromatic heterocycles. The number of halogens is 2. The molecule has 1 heterocycles. The zero-order chi connectivity index (χ0) is 23.1. The van der Waals surface area contributed by atoms with Gasteiger partial charge in [0.1, 0.15) is 17.6 Å². The summed E-state index contributed by atoms with van der Waals surface area (Å²) in [6.45, 7) is 0. The number of benzene rings is 2. The van der Waals surface area contributed by atoms with Crippen LogP contribution in [0.1, 0.15) is 31.2 Å². The minimum atomic E-state index is -3.95. The standard InChI is InChI=1S/C23H21ClFNO5S/c1-32(29,30)31-21-20(22(28)26-23(21)10-8-14(13-27)9-11-23)18-12-16(4-7-19(18)24)15-2-5-17(25)6-3-15/h2-7,12-14H,8-11H2,1H3,(H,26,28)/t14-,23+. The number of hydrogen-bond donors (Lipinski definition) is 1. The van der Waals surface area contributed by atoms with E-state index in [0.717, 1.165) is 12.5 Å². The Kier molecular flexibility index (Phi) is 5.85. The highest BCUT2D eigenvalue weighted by Gasteiger charge is 2.50. The fourth-order valence-electron chi connectivity index (χ4n) is 4.36. The van der Waals surface area contributed by atoms with Crippen LogP contribution in [0, 0.1) is 11.7 Å². The third-order valence-corrected chi connectivity index (χ3v) is 6.76. The second kappa shape index (κ2) is 8.33. The molecule has 2 aromatic carbocycles. The van der Waals surface area contributed by atoms with Gasteiger partial charge >= 0.3 is 10.1 Å². The van der Waals surface area contributed by atoms with Crippen molar-refractivity contribution in [2.45, 2.75) is 31.2 Å². The van der Waals surface area contributed by atoms with Gasteiger partial charge in [0, 0.05) is 16.5 Å². The number of rotatable bonds is 5. The van der Waals surface area contributed by atoms with Crippen molar-refractivity contribution in [1.82, 2.24) is 5.32 Å². The van der Waals surface area contributed by atoms with E-state index < -0.39 is 21.6 Å². The van der Waals surface area contributed by atoms with Gasteiger partial charge in [0.05, 0.1) is 11.8 Å². The lowest BCUT2D eigenvalue weighted by Gasteiger charge is -2.36. The molecule has 32 heavy (non-hydrogen) atoms. The van der Waals surface area contributed by atoms with Gasteiger partial charge in [0.2, 0.25) is 0 Å². The zero-order valence-electron chi connectivity index (χ0n) is 17.2. The Bertz CT molecular complexity index is 1220. The first-order chi connectivity index (χ1) is 15.1. The summed E-state index contributed by atoms with van der Waals surface area (Å²) < 4.78 is 42.9. The molecule has 1 saturated carbocycles. The number of nitrogens with one attached hydrogen (secondary N) is 1. The van der Waals surface area contributed by atoms with Gasteiger partial charge in [-0.1, -0.05) is 29.8 Å². The van der Waals surface area contributed by atoms with Gasteiger partial charge in [-0.2, -0.15) is 8.42 Å². The van der Waals surface area contributed by atoms with Crippen LogP contribution in [-0.4, -0.2) is 32.4 Å². The van der Waals surface area contributed by atoms with E-state index in [1.165, 1.54) is 12.1 Å². The van der Waals surface area contributed by atoms with Crippen molar-refractivity contribution in [3.05, 3.63) is 64.6 Å². The molecule has 0 bridgehead atoms. The summed E-state index contributed by atoms with van der Waals surface area (Å²) in [6, 6.07) is 10.8. The molecule has 0 atom stereocenters. The first-order valence-corrected chi connectivity index (χ1v) is 12.3. The van der Waals surface area contributed by atoms with Gasteiger partial charge in [-0.25, -0.2) is 4.39 Å². The zero-order valence-corrected chi connectivity index (χ0v) is 18.8. The first kappa shape index (κ1) is 22.5. The SMILES string of the molecule is CS(=O)(=O)OC1=C(c2cc(-c3ccc(F)cc3)ccc2Cl)C(=O)N[C@]12CC[C@@H](C=O)CC2. The van der Waals surface area contributed by atoms with E-state index in [9.17, 15) is 22.4 Å². The Balaban J connectivity index is 1.86. The molecule has 4 rings (SSSR count). The maximum atomic E-state index is 13.3. The van der Waals surface area contributed by atoms with E-state index in [0.29, 0.717) is 42.4 Å². The molecule has 1 amide bonds. The van der Waals surface area contributed by atoms with Crippen LogP contribution >= 0.6 is 11.6 Å². The smallest absolute Gasteiger partial charge is 0.306 e. The maximum absolute atomic E-state index is 13.3. The van der Waals surface area contributed by atoms with Crippen LogP contribution in [0.4, 0.5) is 4.39 Å². The second-order valence-electron chi connectivity index (χ2n) is 8.20. The summed E-state index contributed by atoms with van der Waals surface area (Å²) >= 11 is 6.44. The predicted molar refractivity (Wildman–Crippen MR) is 119 cm³/mol. The highest BCUT2D eigenvalue weighted by atomic mass is 35.5. The minimum Gasteiger partial charge on any atom is -0.384 e. The molecule has 2 aromatic rings. The van der Waals surface area contributed by atoms with Crippen molar-refractivity contribution in [3.63, 3.8) is 0 Å². The third kappa shape index (κ3) is 4.29. The highest BCUT2D eigenvalue weighted by molar-refractivity contribution is 7.86. The van der Waals surface area contributed by atoms with E-state index in [-0.39, 0.29) is 28.1 Å². The van der Waals surface area contributed by atoms with Crippen molar-refractivity contribution in [1.29, 1.82) is 0 Å². The van der Waals surface area contributed by atoms with Gasteiger partial charge in [0.25, 0.3) is 5.91 Å². The number of carbonyl (C=O) groups excluding carboxylic acids is 2. The van der Waals surface area contributed by atoms with Crippen LogP contribution in [0.5, 0.6) is 0 Å². The fraction of sp³-hybridized carbons (Fsp3) is 0.304. The molecule has 1 fully saturated rings. The molecule has 9 heteroatoms. The van der Waals surface area contributed by atoms with E-state index in [4.69, 9.17) is 15.8 Å². The van der Waals surface area contributed by atoms with E-state index in [2.05, 4.69) is 5.32 Å². The lowest BCUT2D eigenvalue weighted by atomic mass is 9.76. The molecule has 2 aliphatic rings. The summed E-state index contributed by atoms with van der Waals surface area (Å²) in [7, 11) is -3.95. The van der Waals surface area contributed by atoms with E-state index in [1.54, 1.807) is 30.3 Å². The largest absolute Gasteiger partial charge is 0.384 e. The Hall–Kier alpha value is -2.71.